The fraction of sp³-hybridized carbons (Fsp3) is 0.400. The average Bonchev–Trinajstić information content (AvgIpc) is 2.38. The van der Waals surface area contributed by atoms with Gasteiger partial charge in [0.25, 0.3) is 0 Å². The van der Waals surface area contributed by atoms with Gasteiger partial charge in [-0.05, 0) is 43.1 Å². The third-order valence-corrected chi connectivity index (χ3v) is 3.68. The average molecular weight is 296 g/mol. The minimum atomic E-state index is -0.197. The highest BCUT2D eigenvalue weighted by molar-refractivity contribution is 5.85. The van der Waals surface area contributed by atoms with Gasteiger partial charge in [0.15, 0.2) is 0 Å². The molecule has 0 radical (unpaired) electrons. The lowest BCUT2D eigenvalue weighted by atomic mass is 10.0. The van der Waals surface area contributed by atoms with Crippen molar-refractivity contribution >= 4 is 23.3 Å². The minimum absolute atomic E-state index is 0. The Hall–Kier alpha value is -1.23. The van der Waals surface area contributed by atoms with Crippen LogP contribution < -0.4 is 5.73 Å². The van der Waals surface area contributed by atoms with Crippen LogP contribution >= 0.6 is 12.4 Å². The standard InChI is InChI=1S/C15H18FN3.ClH/c16-13-7-11-3-1-5-18-15(11)12(8-13)9-19-6-2-4-14(17)10-19;/h1,3,5,7-8,14H,2,4,6,9-10,17H2;1H/t14-;/m1./s1. The number of halogens is 2. The number of aromatic nitrogens is 1. The Labute approximate surface area is 124 Å². The second kappa shape index (κ2) is 6.48. The smallest absolute Gasteiger partial charge is 0.124 e. The fourth-order valence-corrected chi connectivity index (χ4v) is 2.82. The maximum atomic E-state index is 13.7. The Morgan fingerprint density at radius 3 is 3.05 bits per heavy atom. The molecule has 5 heteroatoms. The molecule has 108 valence electrons. The van der Waals surface area contributed by atoms with Crippen LogP contribution in [0.4, 0.5) is 4.39 Å². The minimum Gasteiger partial charge on any atom is -0.327 e. The Balaban J connectivity index is 0.00000147. The molecule has 2 N–H and O–H groups in total. The largest absolute Gasteiger partial charge is 0.327 e. The predicted molar refractivity (Wildman–Crippen MR) is 81.4 cm³/mol. The summed E-state index contributed by atoms with van der Waals surface area (Å²) in [6.07, 6.45) is 3.95. The van der Waals surface area contributed by atoms with E-state index >= 15 is 0 Å². The Morgan fingerprint density at radius 2 is 2.25 bits per heavy atom. The number of fused-ring (bicyclic) bond motifs is 1. The molecule has 1 atom stereocenters. The van der Waals surface area contributed by atoms with Crippen LogP contribution in [0.25, 0.3) is 10.9 Å². The van der Waals surface area contributed by atoms with E-state index in [1.165, 1.54) is 6.07 Å². The fourth-order valence-electron chi connectivity index (χ4n) is 2.82. The van der Waals surface area contributed by atoms with Crippen molar-refractivity contribution in [1.82, 2.24) is 9.88 Å². The molecular formula is C15H19ClFN3. The number of hydrogen-bond acceptors (Lipinski definition) is 3. The van der Waals surface area contributed by atoms with Crippen LogP contribution in [0.2, 0.25) is 0 Å². The molecule has 0 bridgehead atoms. The zero-order valence-electron chi connectivity index (χ0n) is 11.3. The van der Waals surface area contributed by atoms with Crippen molar-refractivity contribution in [3.63, 3.8) is 0 Å². The van der Waals surface area contributed by atoms with Crippen LogP contribution in [0.5, 0.6) is 0 Å². The lowest BCUT2D eigenvalue weighted by Crippen LogP contribution is -2.42. The normalized spacial score (nSPS) is 19.8. The third kappa shape index (κ3) is 3.26. The maximum Gasteiger partial charge on any atom is 0.124 e. The quantitative estimate of drug-likeness (QED) is 0.926. The van der Waals surface area contributed by atoms with Crippen LogP contribution in [0.3, 0.4) is 0 Å². The van der Waals surface area contributed by atoms with Gasteiger partial charge in [-0.1, -0.05) is 6.07 Å². The SMILES string of the molecule is Cl.N[C@@H]1CCCN(Cc2cc(F)cc3cccnc23)C1. The summed E-state index contributed by atoms with van der Waals surface area (Å²) in [6.45, 7) is 2.63. The highest BCUT2D eigenvalue weighted by Crippen LogP contribution is 2.21. The molecule has 0 amide bonds. The molecule has 1 saturated heterocycles. The lowest BCUT2D eigenvalue weighted by Gasteiger charge is -2.30. The van der Waals surface area contributed by atoms with E-state index in [2.05, 4.69) is 9.88 Å². The van der Waals surface area contributed by atoms with Gasteiger partial charge in [-0.25, -0.2) is 4.39 Å². The van der Waals surface area contributed by atoms with Crippen molar-refractivity contribution in [2.75, 3.05) is 13.1 Å². The zero-order chi connectivity index (χ0) is 13.2. The molecule has 2 aromatic rings. The summed E-state index contributed by atoms with van der Waals surface area (Å²) in [5.74, 6) is -0.197. The highest BCUT2D eigenvalue weighted by atomic mass is 35.5. The first-order chi connectivity index (χ1) is 9.22. The summed E-state index contributed by atoms with van der Waals surface area (Å²) in [6, 6.07) is 7.10. The first-order valence-corrected chi connectivity index (χ1v) is 6.73. The van der Waals surface area contributed by atoms with Gasteiger partial charge >= 0.3 is 0 Å². The molecule has 3 rings (SSSR count). The van der Waals surface area contributed by atoms with Crippen molar-refractivity contribution in [2.24, 2.45) is 5.73 Å². The van der Waals surface area contributed by atoms with Crippen LogP contribution in [-0.4, -0.2) is 29.0 Å². The van der Waals surface area contributed by atoms with Gasteiger partial charge < -0.3 is 5.73 Å². The van der Waals surface area contributed by atoms with Crippen LogP contribution in [-0.2, 0) is 6.54 Å². The number of benzene rings is 1. The summed E-state index contributed by atoms with van der Waals surface area (Å²) >= 11 is 0. The van der Waals surface area contributed by atoms with E-state index in [9.17, 15) is 4.39 Å². The number of piperidine rings is 1. The van der Waals surface area contributed by atoms with Gasteiger partial charge in [0.05, 0.1) is 5.52 Å². The summed E-state index contributed by atoms with van der Waals surface area (Å²) in [5.41, 5.74) is 7.83. The van der Waals surface area contributed by atoms with Crippen molar-refractivity contribution in [3.05, 3.63) is 41.8 Å². The zero-order valence-corrected chi connectivity index (χ0v) is 12.1. The van der Waals surface area contributed by atoms with E-state index in [1.54, 1.807) is 12.3 Å². The summed E-state index contributed by atoms with van der Waals surface area (Å²) in [4.78, 5) is 6.67. The first kappa shape index (κ1) is 15.2. The second-order valence-corrected chi connectivity index (χ2v) is 5.28. The molecule has 1 aliphatic rings. The van der Waals surface area contributed by atoms with E-state index in [1.807, 2.05) is 12.1 Å². The topological polar surface area (TPSA) is 42.1 Å². The molecule has 0 unspecified atom stereocenters. The monoisotopic (exact) mass is 295 g/mol. The number of rotatable bonds is 2. The number of hydrogen-bond donors (Lipinski definition) is 1. The van der Waals surface area contributed by atoms with Crippen LogP contribution in [0, 0.1) is 5.82 Å². The molecule has 1 aliphatic heterocycles. The van der Waals surface area contributed by atoms with Crippen molar-refractivity contribution in [1.29, 1.82) is 0 Å². The maximum absolute atomic E-state index is 13.7. The molecule has 0 aliphatic carbocycles. The Bertz CT molecular complexity index is 590. The van der Waals surface area contributed by atoms with Crippen molar-refractivity contribution in [3.8, 4) is 0 Å². The Morgan fingerprint density at radius 1 is 1.40 bits per heavy atom. The van der Waals surface area contributed by atoms with Crippen LogP contribution in [0.15, 0.2) is 30.5 Å². The van der Waals surface area contributed by atoms with E-state index in [0.29, 0.717) is 0 Å². The molecular weight excluding hydrogens is 277 g/mol. The molecule has 1 aromatic carbocycles. The van der Waals surface area contributed by atoms with Crippen molar-refractivity contribution < 1.29 is 4.39 Å². The highest BCUT2D eigenvalue weighted by Gasteiger charge is 2.18. The first-order valence-electron chi connectivity index (χ1n) is 6.73. The lowest BCUT2D eigenvalue weighted by molar-refractivity contribution is 0.202. The number of nitrogens with two attached hydrogens (primary N) is 1. The predicted octanol–water partition coefficient (Wildman–Crippen LogP) is 2.72. The van der Waals surface area contributed by atoms with Crippen LogP contribution in [0.1, 0.15) is 18.4 Å². The van der Waals surface area contributed by atoms with Gasteiger partial charge in [0.2, 0.25) is 0 Å². The summed E-state index contributed by atoms with van der Waals surface area (Å²) in [5, 5.41) is 0.860. The molecule has 0 spiro atoms. The Kier molecular flexibility index (Phi) is 4.91. The van der Waals surface area contributed by atoms with E-state index in [-0.39, 0.29) is 24.3 Å². The number of pyridine rings is 1. The molecule has 1 aromatic heterocycles. The molecule has 2 heterocycles. The van der Waals surface area contributed by atoms with Gasteiger partial charge in [0.1, 0.15) is 5.82 Å². The van der Waals surface area contributed by atoms with Gasteiger partial charge in [0, 0.05) is 30.7 Å². The van der Waals surface area contributed by atoms with Gasteiger partial charge in [-0.15, -0.1) is 12.4 Å². The summed E-state index contributed by atoms with van der Waals surface area (Å²) in [7, 11) is 0. The number of nitrogens with zero attached hydrogens (tertiary/aromatic N) is 2. The molecule has 0 saturated carbocycles. The summed E-state index contributed by atoms with van der Waals surface area (Å²) < 4.78 is 13.7. The molecule has 3 nitrogen and oxygen atoms in total. The third-order valence-electron chi connectivity index (χ3n) is 3.68. The van der Waals surface area contributed by atoms with E-state index < -0.39 is 0 Å². The number of likely N-dealkylation sites (tertiary alicyclic amines) is 1. The molecule has 1 fully saturated rings. The van der Waals surface area contributed by atoms with Gasteiger partial charge in [-0.3, -0.25) is 9.88 Å². The van der Waals surface area contributed by atoms with E-state index in [0.717, 1.165) is 48.9 Å². The molecule has 20 heavy (non-hydrogen) atoms. The van der Waals surface area contributed by atoms with Crippen molar-refractivity contribution in [2.45, 2.75) is 25.4 Å². The van der Waals surface area contributed by atoms with E-state index in [4.69, 9.17) is 5.73 Å². The second-order valence-electron chi connectivity index (χ2n) is 5.28. The van der Waals surface area contributed by atoms with Gasteiger partial charge in [-0.2, -0.15) is 0 Å².